The van der Waals surface area contributed by atoms with Gasteiger partial charge >= 0.3 is 0 Å². The summed E-state index contributed by atoms with van der Waals surface area (Å²) < 4.78 is 27.3. The zero-order valence-corrected chi connectivity index (χ0v) is 11.4. The Morgan fingerprint density at radius 3 is 2.38 bits per heavy atom. The highest BCUT2D eigenvalue weighted by Crippen LogP contribution is 2.07. The molecule has 0 saturated carbocycles. The van der Waals surface area contributed by atoms with Gasteiger partial charge in [-0.3, -0.25) is 0 Å². The zero-order valence-electron chi connectivity index (χ0n) is 10.6. The van der Waals surface area contributed by atoms with Crippen molar-refractivity contribution < 1.29 is 13.2 Å². The third-order valence-electron chi connectivity index (χ3n) is 2.47. The standard InChI is InChI=1S/C11H25NO3S/c1-4-11(9-16(12,13)14)8-15-7-5-6-10(2)3/h10-11H,4-9H2,1-3H3,(H2,12,13,14). The molecular formula is C11H25NO3S. The Morgan fingerprint density at radius 2 is 1.94 bits per heavy atom. The fourth-order valence-electron chi connectivity index (χ4n) is 1.46. The number of hydrogen-bond donors (Lipinski definition) is 1. The molecule has 16 heavy (non-hydrogen) atoms. The second-order valence-corrected chi connectivity index (χ2v) is 6.37. The number of ether oxygens (including phenoxy) is 1. The molecule has 5 heteroatoms. The molecule has 0 aromatic heterocycles. The second kappa shape index (κ2) is 8.03. The molecule has 1 unspecified atom stereocenters. The normalized spacial score (nSPS) is 14.3. The SMILES string of the molecule is CCC(COCCCC(C)C)CS(N)(=O)=O. The van der Waals surface area contributed by atoms with E-state index >= 15 is 0 Å². The van der Waals surface area contributed by atoms with Crippen molar-refractivity contribution in [3.63, 3.8) is 0 Å². The first-order valence-electron chi connectivity index (χ1n) is 5.93. The Balaban J connectivity index is 3.64. The molecule has 0 aliphatic heterocycles. The molecule has 0 amide bonds. The molecule has 2 N–H and O–H groups in total. The molecule has 0 aliphatic carbocycles. The van der Waals surface area contributed by atoms with Crippen molar-refractivity contribution in [1.29, 1.82) is 0 Å². The summed E-state index contributed by atoms with van der Waals surface area (Å²) in [7, 11) is -3.37. The van der Waals surface area contributed by atoms with Gasteiger partial charge in [-0.15, -0.1) is 0 Å². The van der Waals surface area contributed by atoms with E-state index in [2.05, 4.69) is 13.8 Å². The predicted octanol–water partition coefficient (Wildman–Crippen LogP) is 1.75. The van der Waals surface area contributed by atoms with Crippen LogP contribution in [0, 0.1) is 11.8 Å². The van der Waals surface area contributed by atoms with Gasteiger partial charge in [0.1, 0.15) is 0 Å². The van der Waals surface area contributed by atoms with E-state index in [1.807, 2.05) is 6.92 Å². The van der Waals surface area contributed by atoms with E-state index in [9.17, 15) is 8.42 Å². The number of hydrogen-bond acceptors (Lipinski definition) is 3. The zero-order chi connectivity index (χ0) is 12.6. The Bertz CT molecular complexity index is 262. The van der Waals surface area contributed by atoms with Crippen molar-refractivity contribution in [3.05, 3.63) is 0 Å². The van der Waals surface area contributed by atoms with E-state index in [1.165, 1.54) is 0 Å². The topological polar surface area (TPSA) is 69.4 Å². The van der Waals surface area contributed by atoms with Crippen LogP contribution in [0.1, 0.15) is 40.0 Å². The van der Waals surface area contributed by atoms with Crippen LogP contribution in [0.15, 0.2) is 0 Å². The van der Waals surface area contributed by atoms with Crippen molar-refractivity contribution in [2.24, 2.45) is 17.0 Å². The van der Waals surface area contributed by atoms with Crippen molar-refractivity contribution in [3.8, 4) is 0 Å². The molecule has 0 radical (unpaired) electrons. The molecule has 0 heterocycles. The van der Waals surface area contributed by atoms with Gasteiger partial charge in [0.15, 0.2) is 0 Å². The van der Waals surface area contributed by atoms with E-state index in [1.54, 1.807) is 0 Å². The molecule has 0 bridgehead atoms. The van der Waals surface area contributed by atoms with E-state index in [0.29, 0.717) is 19.1 Å². The monoisotopic (exact) mass is 251 g/mol. The maximum Gasteiger partial charge on any atom is 0.209 e. The fraction of sp³-hybridized carbons (Fsp3) is 1.00. The quantitative estimate of drug-likeness (QED) is 0.635. The Kier molecular flexibility index (Phi) is 7.97. The summed E-state index contributed by atoms with van der Waals surface area (Å²) in [4.78, 5) is 0. The van der Waals surface area contributed by atoms with Gasteiger partial charge in [-0.25, -0.2) is 13.6 Å². The van der Waals surface area contributed by atoms with Crippen LogP contribution >= 0.6 is 0 Å². The lowest BCUT2D eigenvalue weighted by Crippen LogP contribution is -2.25. The third-order valence-corrected chi connectivity index (χ3v) is 3.41. The molecule has 4 nitrogen and oxygen atoms in total. The highest BCUT2D eigenvalue weighted by molar-refractivity contribution is 7.89. The van der Waals surface area contributed by atoms with Crippen LogP contribution in [-0.4, -0.2) is 27.4 Å². The first kappa shape index (κ1) is 15.9. The van der Waals surface area contributed by atoms with Gasteiger partial charge in [-0.2, -0.15) is 0 Å². The first-order valence-corrected chi connectivity index (χ1v) is 7.65. The van der Waals surface area contributed by atoms with E-state index < -0.39 is 10.0 Å². The van der Waals surface area contributed by atoms with Crippen LogP contribution in [0.5, 0.6) is 0 Å². The maximum atomic E-state index is 10.9. The van der Waals surface area contributed by atoms with Crippen LogP contribution in [0.3, 0.4) is 0 Å². The van der Waals surface area contributed by atoms with E-state index in [0.717, 1.165) is 19.3 Å². The van der Waals surface area contributed by atoms with Crippen molar-refractivity contribution in [2.45, 2.75) is 40.0 Å². The molecule has 1 atom stereocenters. The summed E-state index contributed by atoms with van der Waals surface area (Å²) in [6, 6.07) is 0. The molecule has 0 rings (SSSR count). The molecular weight excluding hydrogens is 226 g/mol. The molecule has 0 aromatic carbocycles. The van der Waals surface area contributed by atoms with Crippen molar-refractivity contribution >= 4 is 10.0 Å². The number of primary sulfonamides is 1. The van der Waals surface area contributed by atoms with Gasteiger partial charge in [-0.05, 0) is 24.7 Å². The number of nitrogens with two attached hydrogens (primary N) is 1. The number of sulfonamides is 1. The van der Waals surface area contributed by atoms with Gasteiger partial charge in [-0.1, -0.05) is 27.2 Å². The van der Waals surface area contributed by atoms with Gasteiger partial charge in [0.05, 0.1) is 12.4 Å². The Morgan fingerprint density at radius 1 is 1.31 bits per heavy atom. The molecule has 0 spiro atoms. The average Bonchev–Trinajstić information content (AvgIpc) is 2.13. The largest absolute Gasteiger partial charge is 0.381 e. The van der Waals surface area contributed by atoms with Crippen LogP contribution < -0.4 is 5.14 Å². The smallest absolute Gasteiger partial charge is 0.209 e. The van der Waals surface area contributed by atoms with Crippen LogP contribution in [0.2, 0.25) is 0 Å². The first-order chi connectivity index (χ1) is 7.35. The second-order valence-electron chi connectivity index (χ2n) is 4.71. The average molecular weight is 251 g/mol. The van der Waals surface area contributed by atoms with E-state index in [4.69, 9.17) is 9.88 Å². The van der Waals surface area contributed by atoms with Crippen LogP contribution in [0.25, 0.3) is 0 Å². The van der Waals surface area contributed by atoms with Crippen LogP contribution in [0.4, 0.5) is 0 Å². The van der Waals surface area contributed by atoms with Crippen molar-refractivity contribution in [1.82, 2.24) is 0 Å². The molecule has 0 aliphatic rings. The number of rotatable bonds is 9. The maximum absolute atomic E-state index is 10.9. The van der Waals surface area contributed by atoms with Gasteiger partial charge in [0, 0.05) is 6.61 Å². The fourth-order valence-corrected chi connectivity index (χ4v) is 2.44. The molecule has 0 fully saturated rings. The molecule has 98 valence electrons. The van der Waals surface area contributed by atoms with E-state index in [-0.39, 0.29) is 11.7 Å². The summed E-state index contributed by atoms with van der Waals surface area (Å²) in [6.45, 7) is 7.50. The molecule has 0 saturated heterocycles. The highest BCUT2D eigenvalue weighted by Gasteiger charge is 2.14. The lowest BCUT2D eigenvalue weighted by molar-refractivity contribution is 0.0993. The molecule has 0 aromatic rings. The summed E-state index contributed by atoms with van der Waals surface area (Å²) in [6.07, 6.45) is 2.95. The lowest BCUT2D eigenvalue weighted by Gasteiger charge is -2.14. The van der Waals surface area contributed by atoms with Gasteiger partial charge < -0.3 is 4.74 Å². The minimum atomic E-state index is -3.37. The highest BCUT2D eigenvalue weighted by atomic mass is 32.2. The van der Waals surface area contributed by atoms with Gasteiger partial charge in [0.25, 0.3) is 0 Å². The lowest BCUT2D eigenvalue weighted by atomic mass is 10.1. The van der Waals surface area contributed by atoms with Crippen LogP contribution in [-0.2, 0) is 14.8 Å². The Hall–Kier alpha value is -0.130. The summed E-state index contributed by atoms with van der Waals surface area (Å²) in [5.74, 6) is 0.734. The summed E-state index contributed by atoms with van der Waals surface area (Å²) in [5.41, 5.74) is 0. The summed E-state index contributed by atoms with van der Waals surface area (Å²) >= 11 is 0. The minimum absolute atomic E-state index is 0.0215. The summed E-state index contributed by atoms with van der Waals surface area (Å²) in [5, 5.41) is 5.00. The third kappa shape index (κ3) is 10.4. The van der Waals surface area contributed by atoms with Crippen molar-refractivity contribution in [2.75, 3.05) is 19.0 Å². The predicted molar refractivity (Wildman–Crippen MR) is 66.6 cm³/mol. The van der Waals surface area contributed by atoms with Gasteiger partial charge in [0.2, 0.25) is 10.0 Å². The Labute approximate surface area is 99.6 Å². The minimum Gasteiger partial charge on any atom is -0.381 e.